The monoisotopic (exact) mass is 323 g/mol. The summed E-state index contributed by atoms with van der Waals surface area (Å²) >= 11 is 0. The second kappa shape index (κ2) is 20.0. The maximum Gasteiger partial charge on any atom is -0.0443 e. The normalized spacial score (nSPS) is 12.7. The Morgan fingerprint density at radius 1 is 0.522 bits per heavy atom. The van der Waals surface area contributed by atoms with Gasteiger partial charge in [-0.05, 0) is 5.92 Å². The Kier molecular flexibility index (Phi) is 20.0. The van der Waals surface area contributed by atoms with Gasteiger partial charge in [-0.2, -0.15) is 0 Å². The van der Waals surface area contributed by atoms with E-state index in [2.05, 4.69) is 20.8 Å². The summed E-state index contributed by atoms with van der Waals surface area (Å²) in [6.45, 7) is 8.63. The van der Waals surface area contributed by atoms with Crippen LogP contribution in [0.5, 0.6) is 0 Å². The summed E-state index contributed by atoms with van der Waals surface area (Å²) in [4.78, 5) is 0. The molecule has 139 valence electrons. The van der Waals surface area contributed by atoms with Gasteiger partial charge in [-0.1, -0.05) is 143 Å². The fourth-order valence-corrected chi connectivity index (χ4v) is 3.60. The van der Waals surface area contributed by atoms with Crippen LogP contribution in [0.3, 0.4) is 0 Å². The third-order valence-corrected chi connectivity index (χ3v) is 5.23. The zero-order valence-corrected chi connectivity index (χ0v) is 16.7. The van der Waals surface area contributed by atoms with Crippen molar-refractivity contribution < 1.29 is 0 Å². The topological polar surface area (TPSA) is 0 Å². The van der Waals surface area contributed by atoms with Crippen molar-refractivity contribution in [2.45, 2.75) is 136 Å². The average molecular weight is 324 g/mol. The summed E-state index contributed by atoms with van der Waals surface area (Å²) < 4.78 is 0. The van der Waals surface area contributed by atoms with E-state index in [1.807, 2.05) is 0 Å². The lowest BCUT2D eigenvalue weighted by Crippen LogP contribution is -1.93. The molecule has 1 unspecified atom stereocenters. The maximum absolute atomic E-state index is 3.90. The molecule has 0 heterocycles. The number of hydrogen-bond donors (Lipinski definition) is 0. The third-order valence-electron chi connectivity index (χ3n) is 5.23. The summed E-state index contributed by atoms with van der Waals surface area (Å²) in [6.07, 6.45) is 27.2. The Labute approximate surface area is 149 Å². The SMILES string of the molecule is [CH2]CCCCCCCCCCCCCCCCCC(C)CCC. The maximum atomic E-state index is 3.90. The van der Waals surface area contributed by atoms with Gasteiger partial charge in [0.15, 0.2) is 0 Å². The van der Waals surface area contributed by atoms with Gasteiger partial charge in [-0.15, -0.1) is 0 Å². The molecule has 0 aliphatic rings. The van der Waals surface area contributed by atoms with Crippen LogP contribution >= 0.6 is 0 Å². The predicted molar refractivity (Wildman–Crippen MR) is 108 cm³/mol. The van der Waals surface area contributed by atoms with Crippen molar-refractivity contribution in [2.24, 2.45) is 5.92 Å². The Bertz CT molecular complexity index is 196. The van der Waals surface area contributed by atoms with Gasteiger partial charge in [-0.25, -0.2) is 0 Å². The Morgan fingerprint density at radius 2 is 0.870 bits per heavy atom. The Morgan fingerprint density at radius 3 is 1.22 bits per heavy atom. The zero-order chi connectivity index (χ0) is 17.0. The molecule has 0 N–H and O–H groups in total. The van der Waals surface area contributed by atoms with Crippen molar-refractivity contribution >= 4 is 0 Å². The molecule has 0 aliphatic carbocycles. The van der Waals surface area contributed by atoms with E-state index >= 15 is 0 Å². The molecule has 1 radical (unpaired) electrons. The molecule has 0 aromatic carbocycles. The first-order chi connectivity index (χ1) is 11.3. The fraction of sp³-hybridized carbons (Fsp3) is 0.957. The van der Waals surface area contributed by atoms with Gasteiger partial charge < -0.3 is 0 Å². The van der Waals surface area contributed by atoms with Crippen molar-refractivity contribution in [2.75, 3.05) is 0 Å². The first-order valence-corrected chi connectivity index (χ1v) is 11.1. The molecule has 0 amide bonds. The highest BCUT2D eigenvalue weighted by atomic mass is 14.1. The summed E-state index contributed by atoms with van der Waals surface area (Å²) in [5, 5.41) is 0. The highest BCUT2D eigenvalue weighted by Crippen LogP contribution is 2.17. The van der Waals surface area contributed by atoms with E-state index < -0.39 is 0 Å². The van der Waals surface area contributed by atoms with Crippen LogP contribution in [0.25, 0.3) is 0 Å². The van der Waals surface area contributed by atoms with E-state index in [4.69, 9.17) is 0 Å². The van der Waals surface area contributed by atoms with Gasteiger partial charge in [0, 0.05) is 0 Å². The molecule has 0 bridgehead atoms. The average Bonchev–Trinajstić information content (AvgIpc) is 2.54. The van der Waals surface area contributed by atoms with Gasteiger partial charge in [0.2, 0.25) is 0 Å². The lowest BCUT2D eigenvalue weighted by Gasteiger charge is -2.09. The Balaban J connectivity index is 3.00. The van der Waals surface area contributed by atoms with E-state index in [0.717, 1.165) is 12.3 Å². The van der Waals surface area contributed by atoms with Gasteiger partial charge in [0.1, 0.15) is 0 Å². The second-order valence-electron chi connectivity index (χ2n) is 7.84. The van der Waals surface area contributed by atoms with Crippen molar-refractivity contribution in [3.63, 3.8) is 0 Å². The molecule has 0 fully saturated rings. The number of unbranched alkanes of at least 4 members (excludes halogenated alkanes) is 15. The quantitative estimate of drug-likeness (QED) is 0.208. The first-order valence-electron chi connectivity index (χ1n) is 11.1. The lowest BCUT2D eigenvalue weighted by atomic mass is 9.98. The molecule has 23 heavy (non-hydrogen) atoms. The molecule has 1 atom stereocenters. The van der Waals surface area contributed by atoms with Crippen LogP contribution in [0.15, 0.2) is 0 Å². The van der Waals surface area contributed by atoms with E-state index in [0.29, 0.717) is 0 Å². The molecule has 0 heteroatoms. The van der Waals surface area contributed by atoms with Crippen LogP contribution in [-0.2, 0) is 0 Å². The number of rotatable bonds is 19. The van der Waals surface area contributed by atoms with Crippen LogP contribution in [-0.4, -0.2) is 0 Å². The van der Waals surface area contributed by atoms with Gasteiger partial charge in [0.25, 0.3) is 0 Å². The summed E-state index contributed by atoms with van der Waals surface area (Å²) in [7, 11) is 0. The molecule has 0 rings (SSSR count). The standard InChI is InChI=1S/C23H47/c1-4-6-7-8-9-10-11-12-13-14-15-16-17-18-19-20-22-23(3)21-5-2/h23H,1,4-22H2,2-3H3. The van der Waals surface area contributed by atoms with E-state index in [9.17, 15) is 0 Å². The smallest absolute Gasteiger partial charge is 0.0443 e. The van der Waals surface area contributed by atoms with Gasteiger partial charge >= 0.3 is 0 Å². The molecular weight excluding hydrogens is 276 g/mol. The molecule has 0 aliphatic heterocycles. The minimum atomic E-state index is 0.962. The van der Waals surface area contributed by atoms with Crippen molar-refractivity contribution in [3.05, 3.63) is 6.92 Å². The number of hydrogen-bond acceptors (Lipinski definition) is 0. The van der Waals surface area contributed by atoms with Crippen molar-refractivity contribution in [3.8, 4) is 0 Å². The third kappa shape index (κ3) is 20.0. The first kappa shape index (κ1) is 23.0. The highest BCUT2D eigenvalue weighted by molar-refractivity contribution is 4.54. The minimum Gasteiger partial charge on any atom is -0.0654 e. The lowest BCUT2D eigenvalue weighted by molar-refractivity contribution is 0.450. The molecule has 0 saturated carbocycles. The fourth-order valence-electron chi connectivity index (χ4n) is 3.60. The van der Waals surface area contributed by atoms with Crippen LogP contribution in [0, 0.1) is 12.8 Å². The largest absolute Gasteiger partial charge is 0.0654 e. The molecule has 0 spiro atoms. The van der Waals surface area contributed by atoms with Crippen LogP contribution in [0.2, 0.25) is 0 Å². The van der Waals surface area contributed by atoms with Gasteiger partial charge in [0.05, 0.1) is 0 Å². The molecule has 0 aromatic rings. The molecule has 0 aromatic heterocycles. The van der Waals surface area contributed by atoms with Crippen molar-refractivity contribution in [1.29, 1.82) is 0 Å². The minimum absolute atomic E-state index is 0.962. The van der Waals surface area contributed by atoms with E-state index in [1.165, 1.54) is 116 Å². The zero-order valence-electron chi connectivity index (χ0n) is 16.7. The van der Waals surface area contributed by atoms with Gasteiger partial charge in [-0.3, -0.25) is 0 Å². The highest BCUT2D eigenvalue weighted by Gasteiger charge is 2.00. The molecule has 0 saturated heterocycles. The summed E-state index contributed by atoms with van der Waals surface area (Å²) in [5.41, 5.74) is 0. The molecular formula is C23H47. The van der Waals surface area contributed by atoms with E-state index in [-0.39, 0.29) is 0 Å². The Hall–Kier alpha value is 0. The van der Waals surface area contributed by atoms with Crippen LogP contribution < -0.4 is 0 Å². The van der Waals surface area contributed by atoms with Crippen LogP contribution in [0.4, 0.5) is 0 Å². The molecule has 0 nitrogen and oxygen atoms in total. The van der Waals surface area contributed by atoms with Crippen molar-refractivity contribution in [1.82, 2.24) is 0 Å². The van der Waals surface area contributed by atoms with Crippen LogP contribution in [0.1, 0.15) is 136 Å². The summed E-state index contributed by atoms with van der Waals surface area (Å²) in [6, 6.07) is 0. The van der Waals surface area contributed by atoms with E-state index in [1.54, 1.807) is 0 Å². The summed E-state index contributed by atoms with van der Waals surface area (Å²) in [5.74, 6) is 0.962. The second-order valence-corrected chi connectivity index (χ2v) is 7.84. The predicted octanol–water partition coefficient (Wildman–Crippen LogP) is 8.89.